The summed E-state index contributed by atoms with van der Waals surface area (Å²) < 4.78 is 5.10. The Morgan fingerprint density at radius 2 is 2.25 bits per heavy atom. The maximum absolute atomic E-state index is 11.6. The Hall–Kier alpha value is -1.06. The molecule has 1 fully saturated rings. The molecule has 0 aromatic rings. The fraction of sp³-hybridized carbons (Fsp3) is 0.833. The molecule has 0 spiro atoms. The summed E-state index contributed by atoms with van der Waals surface area (Å²) in [4.78, 5) is 24.3. The van der Waals surface area contributed by atoms with Gasteiger partial charge in [0.2, 0.25) is 5.91 Å². The lowest BCUT2D eigenvalue weighted by Crippen LogP contribution is -2.38. The van der Waals surface area contributed by atoms with Crippen LogP contribution in [0.1, 0.15) is 46.5 Å². The van der Waals surface area contributed by atoms with Crippen LogP contribution in [0.2, 0.25) is 0 Å². The van der Waals surface area contributed by atoms with Crippen molar-refractivity contribution in [2.45, 2.75) is 58.6 Å². The Morgan fingerprint density at radius 3 is 2.69 bits per heavy atom. The third kappa shape index (κ3) is 3.51. The van der Waals surface area contributed by atoms with Gasteiger partial charge in [0.15, 0.2) is 0 Å². The second-order valence-electron chi connectivity index (χ2n) is 4.41. The van der Waals surface area contributed by atoms with Crippen LogP contribution in [0.3, 0.4) is 0 Å². The second kappa shape index (κ2) is 5.87. The van der Waals surface area contributed by atoms with E-state index < -0.39 is 0 Å². The van der Waals surface area contributed by atoms with E-state index in [1.54, 1.807) is 0 Å². The maximum atomic E-state index is 11.6. The first kappa shape index (κ1) is 13.0. The van der Waals surface area contributed by atoms with Crippen LogP contribution in [0, 0.1) is 0 Å². The minimum absolute atomic E-state index is 0.115. The molecule has 0 aromatic heterocycles. The first-order chi connectivity index (χ1) is 7.54. The molecule has 0 aliphatic carbocycles. The minimum atomic E-state index is -0.255. The van der Waals surface area contributed by atoms with E-state index in [-0.39, 0.29) is 24.0 Å². The van der Waals surface area contributed by atoms with Gasteiger partial charge in [-0.05, 0) is 19.8 Å². The molecule has 0 radical (unpaired) electrons. The monoisotopic (exact) mass is 227 g/mol. The van der Waals surface area contributed by atoms with E-state index in [0.29, 0.717) is 6.42 Å². The SMILES string of the molecule is CCC(CC(C)OC(C)=O)N1CCCC1=O. The Bertz CT molecular complexity index is 265. The summed E-state index contributed by atoms with van der Waals surface area (Å²) in [6.07, 6.45) is 3.16. The van der Waals surface area contributed by atoms with E-state index in [1.165, 1.54) is 6.92 Å². The Morgan fingerprint density at radius 1 is 1.56 bits per heavy atom. The van der Waals surface area contributed by atoms with Gasteiger partial charge in [-0.3, -0.25) is 9.59 Å². The Labute approximate surface area is 96.9 Å². The van der Waals surface area contributed by atoms with Crippen molar-refractivity contribution in [3.05, 3.63) is 0 Å². The quantitative estimate of drug-likeness (QED) is 0.672. The van der Waals surface area contributed by atoms with Gasteiger partial charge in [0, 0.05) is 32.4 Å². The Balaban J connectivity index is 2.47. The first-order valence-electron chi connectivity index (χ1n) is 6.01. The topological polar surface area (TPSA) is 46.6 Å². The van der Waals surface area contributed by atoms with E-state index in [1.807, 2.05) is 11.8 Å². The molecule has 0 aromatic carbocycles. The van der Waals surface area contributed by atoms with Gasteiger partial charge in [0.05, 0.1) is 0 Å². The van der Waals surface area contributed by atoms with Gasteiger partial charge in [-0.15, -0.1) is 0 Å². The zero-order valence-corrected chi connectivity index (χ0v) is 10.4. The molecule has 1 rings (SSSR count). The van der Waals surface area contributed by atoms with Crippen LogP contribution in [0.15, 0.2) is 0 Å². The number of hydrogen-bond donors (Lipinski definition) is 0. The van der Waals surface area contributed by atoms with E-state index >= 15 is 0 Å². The highest BCUT2D eigenvalue weighted by Crippen LogP contribution is 2.20. The summed E-state index contributed by atoms with van der Waals surface area (Å²) in [6.45, 7) is 6.21. The van der Waals surface area contributed by atoms with Crippen molar-refractivity contribution < 1.29 is 14.3 Å². The smallest absolute Gasteiger partial charge is 0.302 e. The summed E-state index contributed by atoms with van der Waals surface area (Å²) in [5.74, 6) is -0.0167. The second-order valence-corrected chi connectivity index (χ2v) is 4.41. The lowest BCUT2D eigenvalue weighted by molar-refractivity contribution is -0.146. The number of esters is 1. The van der Waals surface area contributed by atoms with Gasteiger partial charge in [-0.2, -0.15) is 0 Å². The van der Waals surface area contributed by atoms with E-state index in [4.69, 9.17) is 4.74 Å². The first-order valence-corrected chi connectivity index (χ1v) is 6.01. The maximum Gasteiger partial charge on any atom is 0.302 e. The van der Waals surface area contributed by atoms with Crippen molar-refractivity contribution in [2.24, 2.45) is 0 Å². The van der Waals surface area contributed by atoms with Gasteiger partial charge in [0.1, 0.15) is 6.10 Å². The van der Waals surface area contributed by atoms with Crippen LogP contribution in [0.25, 0.3) is 0 Å². The molecule has 92 valence electrons. The van der Waals surface area contributed by atoms with Crippen molar-refractivity contribution in [3.63, 3.8) is 0 Å². The lowest BCUT2D eigenvalue weighted by atomic mass is 10.1. The summed E-state index contributed by atoms with van der Waals surface area (Å²) >= 11 is 0. The molecule has 0 bridgehead atoms. The number of rotatable bonds is 5. The van der Waals surface area contributed by atoms with Gasteiger partial charge < -0.3 is 9.64 Å². The van der Waals surface area contributed by atoms with Crippen molar-refractivity contribution in [2.75, 3.05) is 6.54 Å². The van der Waals surface area contributed by atoms with Gasteiger partial charge in [0.25, 0.3) is 0 Å². The highest BCUT2D eigenvalue weighted by Gasteiger charge is 2.28. The molecule has 4 heteroatoms. The summed E-state index contributed by atoms with van der Waals surface area (Å²) in [6, 6.07) is 0.212. The van der Waals surface area contributed by atoms with Gasteiger partial charge in [-0.1, -0.05) is 6.92 Å². The van der Waals surface area contributed by atoms with Gasteiger partial charge in [-0.25, -0.2) is 0 Å². The standard InChI is InChI=1S/C12H21NO3/c1-4-11(8-9(2)16-10(3)14)13-7-5-6-12(13)15/h9,11H,4-8H2,1-3H3. The normalized spacial score (nSPS) is 19.7. The fourth-order valence-corrected chi connectivity index (χ4v) is 2.28. The molecule has 2 atom stereocenters. The molecule has 1 aliphatic heterocycles. The Kier molecular flexibility index (Phi) is 4.77. The van der Waals surface area contributed by atoms with E-state index in [2.05, 4.69) is 6.92 Å². The molecular weight excluding hydrogens is 206 g/mol. The molecule has 16 heavy (non-hydrogen) atoms. The van der Waals surface area contributed by atoms with Gasteiger partial charge >= 0.3 is 5.97 Å². The minimum Gasteiger partial charge on any atom is -0.463 e. The summed E-state index contributed by atoms with van der Waals surface area (Å²) in [5.41, 5.74) is 0. The molecule has 4 nitrogen and oxygen atoms in total. The van der Waals surface area contributed by atoms with E-state index in [0.717, 1.165) is 25.8 Å². The largest absolute Gasteiger partial charge is 0.463 e. The average molecular weight is 227 g/mol. The van der Waals surface area contributed by atoms with Crippen molar-refractivity contribution in [3.8, 4) is 0 Å². The van der Waals surface area contributed by atoms with Crippen molar-refractivity contribution >= 4 is 11.9 Å². The number of ether oxygens (including phenoxy) is 1. The zero-order valence-electron chi connectivity index (χ0n) is 10.4. The third-order valence-electron chi connectivity index (χ3n) is 2.99. The van der Waals surface area contributed by atoms with Crippen molar-refractivity contribution in [1.29, 1.82) is 0 Å². The lowest BCUT2D eigenvalue weighted by Gasteiger charge is -2.28. The molecule has 1 heterocycles. The van der Waals surface area contributed by atoms with Crippen molar-refractivity contribution in [1.82, 2.24) is 4.90 Å². The summed E-state index contributed by atoms with van der Waals surface area (Å²) in [7, 11) is 0. The number of hydrogen-bond acceptors (Lipinski definition) is 3. The molecular formula is C12H21NO3. The predicted octanol–water partition coefficient (Wildman–Crippen LogP) is 1.73. The number of carbonyl (C=O) groups excluding carboxylic acids is 2. The number of carbonyl (C=O) groups is 2. The third-order valence-corrected chi connectivity index (χ3v) is 2.99. The molecule has 1 amide bonds. The van der Waals surface area contributed by atoms with Crippen LogP contribution in [-0.4, -0.2) is 35.5 Å². The van der Waals surface area contributed by atoms with Crippen LogP contribution in [-0.2, 0) is 14.3 Å². The molecule has 0 saturated carbocycles. The average Bonchev–Trinajstić information content (AvgIpc) is 2.60. The molecule has 2 unspecified atom stereocenters. The number of amides is 1. The highest BCUT2D eigenvalue weighted by molar-refractivity contribution is 5.78. The van der Waals surface area contributed by atoms with Crippen LogP contribution >= 0.6 is 0 Å². The van der Waals surface area contributed by atoms with Crippen LogP contribution in [0.5, 0.6) is 0 Å². The highest BCUT2D eigenvalue weighted by atomic mass is 16.5. The number of nitrogens with zero attached hydrogens (tertiary/aromatic N) is 1. The summed E-state index contributed by atoms with van der Waals surface area (Å²) in [5, 5.41) is 0. The zero-order chi connectivity index (χ0) is 12.1. The predicted molar refractivity (Wildman–Crippen MR) is 60.9 cm³/mol. The molecule has 1 saturated heterocycles. The van der Waals surface area contributed by atoms with E-state index in [9.17, 15) is 9.59 Å². The number of likely N-dealkylation sites (tertiary alicyclic amines) is 1. The fourth-order valence-electron chi connectivity index (χ4n) is 2.28. The molecule has 0 N–H and O–H groups in total. The molecule has 1 aliphatic rings. The van der Waals surface area contributed by atoms with Crippen LogP contribution in [0.4, 0.5) is 0 Å². The van der Waals surface area contributed by atoms with Crippen LogP contribution < -0.4 is 0 Å².